The van der Waals surface area contributed by atoms with E-state index in [4.69, 9.17) is 5.14 Å². The highest BCUT2D eigenvalue weighted by molar-refractivity contribution is 8.00. The summed E-state index contributed by atoms with van der Waals surface area (Å²) in [5.74, 6) is -0.850. The molecule has 0 saturated carbocycles. The Bertz CT molecular complexity index is 1120. The Kier molecular flexibility index (Phi) is 5.25. The number of thioether (sulfide) groups is 1. The largest absolute Gasteiger partial charge is 0.274 e. The van der Waals surface area contributed by atoms with Gasteiger partial charge in [-0.3, -0.25) is 9.59 Å². The van der Waals surface area contributed by atoms with Crippen LogP contribution in [0.3, 0.4) is 0 Å². The summed E-state index contributed by atoms with van der Waals surface area (Å²) in [7, 11) is -3.87. The second kappa shape index (κ2) is 7.35. The van der Waals surface area contributed by atoms with Crippen LogP contribution < -0.4 is 10.0 Å². The van der Waals surface area contributed by atoms with Gasteiger partial charge in [0.15, 0.2) is 0 Å². The van der Waals surface area contributed by atoms with Crippen molar-refractivity contribution in [2.24, 2.45) is 5.14 Å². The monoisotopic (exact) mass is 416 g/mol. The van der Waals surface area contributed by atoms with E-state index in [0.29, 0.717) is 16.3 Å². The molecule has 3 rings (SSSR count). The van der Waals surface area contributed by atoms with Gasteiger partial charge in [0.2, 0.25) is 21.8 Å². The third kappa shape index (κ3) is 3.77. The number of amides is 2. The van der Waals surface area contributed by atoms with E-state index in [1.807, 2.05) is 0 Å². The Labute approximate surface area is 166 Å². The molecule has 0 bridgehead atoms. The van der Waals surface area contributed by atoms with E-state index in [1.54, 1.807) is 19.9 Å². The average Bonchev–Trinajstić information content (AvgIpc) is 2.87. The number of nitriles is 1. The lowest BCUT2D eigenvalue weighted by molar-refractivity contribution is -0.121. The van der Waals surface area contributed by atoms with Crippen LogP contribution in [0.25, 0.3) is 0 Å². The van der Waals surface area contributed by atoms with Crippen LogP contribution in [0.15, 0.2) is 40.3 Å². The number of nitrogens with zero attached hydrogens (tertiary/aromatic N) is 3. The summed E-state index contributed by atoms with van der Waals surface area (Å²) < 4.78 is 22.7. The summed E-state index contributed by atoms with van der Waals surface area (Å²) in [6, 6.07) is 9.07. The van der Waals surface area contributed by atoms with Gasteiger partial charge in [0.25, 0.3) is 0 Å². The summed E-state index contributed by atoms with van der Waals surface area (Å²) >= 11 is 1.09. The van der Waals surface area contributed by atoms with Crippen molar-refractivity contribution in [1.29, 1.82) is 5.26 Å². The van der Waals surface area contributed by atoms with E-state index in [0.717, 1.165) is 22.2 Å². The number of carbonyl (C=O) groups is 2. The number of hydrogen-bond acceptors (Lipinski definition) is 7. The second-order valence-corrected chi connectivity index (χ2v) is 9.04. The van der Waals surface area contributed by atoms with Crippen LogP contribution in [0, 0.1) is 25.2 Å². The number of pyridine rings is 1. The molecule has 1 saturated heterocycles. The molecule has 28 heavy (non-hydrogen) atoms. The molecule has 0 spiro atoms. The van der Waals surface area contributed by atoms with Gasteiger partial charge in [0.1, 0.15) is 11.1 Å². The van der Waals surface area contributed by atoms with Gasteiger partial charge in [-0.05, 0) is 49.7 Å². The average molecular weight is 416 g/mol. The SMILES string of the molecule is Cc1cc(C)c(C#N)c(SC2CC(=O)N(c3ccc(S(N)(=O)=O)cc3)C2=O)n1. The number of carbonyl (C=O) groups excluding carboxylic acids is 2. The smallest absolute Gasteiger partial charge is 0.247 e. The Morgan fingerprint density at radius 3 is 2.46 bits per heavy atom. The van der Waals surface area contributed by atoms with Gasteiger partial charge < -0.3 is 0 Å². The molecule has 1 aromatic heterocycles. The fourth-order valence-corrected chi connectivity index (χ4v) is 4.65. The van der Waals surface area contributed by atoms with E-state index in [1.165, 1.54) is 24.3 Å². The van der Waals surface area contributed by atoms with E-state index < -0.39 is 27.1 Å². The van der Waals surface area contributed by atoms with Crippen LogP contribution in [-0.2, 0) is 19.6 Å². The van der Waals surface area contributed by atoms with Gasteiger partial charge in [-0.25, -0.2) is 23.4 Å². The van der Waals surface area contributed by atoms with Crippen LogP contribution >= 0.6 is 11.8 Å². The number of sulfonamides is 1. The van der Waals surface area contributed by atoms with E-state index in [9.17, 15) is 23.3 Å². The van der Waals surface area contributed by atoms with Crippen molar-refractivity contribution in [2.45, 2.75) is 35.4 Å². The van der Waals surface area contributed by atoms with Crippen LogP contribution in [0.4, 0.5) is 5.69 Å². The number of nitrogens with two attached hydrogens (primary N) is 1. The molecule has 1 aliphatic heterocycles. The number of anilines is 1. The first-order valence-corrected chi connectivity index (χ1v) is 10.6. The Morgan fingerprint density at radius 2 is 1.89 bits per heavy atom. The quantitative estimate of drug-likeness (QED) is 0.749. The number of aromatic nitrogens is 1. The highest BCUT2D eigenvalue weighted by Crippen LogP contribution is 2.35. The number of rotatable bonds is 4. The van der Waals surface area contributed by atoms with Crippen LogP contribution in [0.5, 0.6) is 0 Å². The van der Waals surface area contributed by atoms with Crippen LogP contribution in [0.1, 0.15) is 23.2 Å². The summed E-state index contributed by atoms with van der Waals surface area (Å²) in [6.07, 6.45) is -0.0417. The van der Waals surface area contributed by atoms with Crippen molar-refractivity contribution in [1.82, 2.24) is 4.98 Å². The third-order valence-corrected chi connectivity index (χ3v) is 6.31. The molecule has 10 heteroatoms. The van der Waals surface area contributed by atoms with Gasteiger partial charge in [-0.15, -0.1) is 0 Å². The molecule has 1 aliphatic rings. The fourth-order valence-electron chi connectivity index (χ4n) is 2.91. The summed E-state index contributed by atoms with van der Waals surface area (Å²) in [5, 5.41) is 14.1. The number of hydrogen-bond donors (Lipinski definition) is 1. The van der Waals surface area contributed by atoms with Crippen molar-refractivity contribution in [3.63, 3.8) is 0 Å². The molecular weight excluding hydrogens is 400 g/mol. The minimum Gasteiger partial charge on any atom is -0.274 e. The highest BCUT2D eigenvalue weighted by atomic mass is 32.2. The Hall–Kier alpha value is -2.74. The lowest BCUT2D eigenvalue weighted by Crippen LogP contribution is -2.31. The molecule has 1 unspecified atom stereocenters. The Balaban J connectivity index is 1.88. The maximum atomic E-state index is 12.8. The lowest BCUT2D eigenvalue weighted by Gasteiger charge is -2.15. The van der Waals surface area contributed by atoms with E-state index in [-0.39, 0.29) is 17.0 Å². The lowest BCUT2D eigenvalue weighted by atomic mass is 10.1. The molecule has 1 atom stereocenters. The van der Waals surface area contributed by atoms with Gasteiger partial charge in [-0.1, -0.05) is 11.8 Å². The molecule has 2 heterocycles. The standard InChI is InChI=1S/C18H16N4O4S2/c1-10-7-11(2)21-17(14(10)9-19)27-15-8-16(23)22(18(15)24)12-3-5-13(6-4-12)28(20,25)26/h3-7,15H,8H2,1-2H3,(H2,20,25,26). The summed E-state index contributed by atoms with van der Waals surface area (Å²) in [4.78, 5) is 30.5. The zero-order valence-corrected chi connectivity index (χ0v) is 16.7. The minimum atomic E-state index is -3.87. The Morgan fingerprint density at radius 1 is 1.25 bits per heavy atom. The number of benzene rings is 1. The first kappa shape index (κ1) is 20.0. The highest BCUT2D eigenvalue weighted by Gasteiger charge is 2.40. The zero-order chi connectivity index (χ0) is 20.6. The first-order valence-electron chi connectivity index (χ1n) is 8.16. The number of aryl methyl sites for hydroxylation is 2. The topological polar surface area (TPSA) is 134 Å². The predicted molar refractivity (Wildman–Crippen MR) is 103 cm³/mol. The van der Waals surface area contributed by atoms with Crippen molar-refractivity contribution >= 4 is 39.3 Å². The van der Waals surface area contributed by atoms with E-state index >= 15 is 0 Å². The maximum Gasteiger partial charge on any atom is 0.247 e. The molecule has 8 nitrogen and oxygen atoms in total. The second-order valence-electron chi connectivity index (χ2n) is 6.29. The predicted octanol–water partition coefficient (Wildman–Crippen LogP) is 1.64. The molecule has 144 valence electrons. The van der Waals surface area contributed by atoms with Crippen molar-refractivity contribution in [2.75, 3.05) is 4.90 Å². The van der Waals surface area contributed by atoms with Crippen molar-refractivity contribution < 1.29 is 18.0 Å². The number of imide groups is 1. The molecule has 0 aliphatic carbocycles. The van der Waals surface area contributed by atoms with Gasteiger partial charge in [-0.2, -0.15) is 5.26 Å². The minimum absolute atomic E-state index is 0.0417. The van der Waals surface area contributed by atoms with Gasteiger partial charge in [0.05, 0.1) is 21.4 Å². The zero-order valence-electron chi connectivity index (χ0n) is 15.0. The molecule has 2 amide bonds. The van der Waals surface area contributed by atoms with Gasteiger partial charge in [0, 0.05) is 12.1 Å². The molecular formula is C18H16N4O4S2. The first-order chi connectivity index (χ1) is 13.1. The van der Waals surface area contributed by atoms with Crippen molar-refractivity contribution in [3.8, 4) is 6.07 Å². The molecule has 0 radical (unpaired) electrons. The van der Waals surface area contributed by atoms with Crippen molar-refractivity contribution in [3.05, 3.63) is 47.2 Å². The normalized spacial score (nSPS) is 17.1. The molecule has 1 aromatic carbocycles. The molecule has 2 N–H and O–H groups in total. The van der Waals surface area contributed by atoms with E-state index in [2.05, 4.69) is 11.1 Å². The summed E-state index contributed by atoms with van der Waals surface area (Å²) in [6.45, 7) is 3.58. The van der Waals surface area contributed by atoms with Crippen LogP contribution in [0.2, 0.25) is 0 Å². The van der Waals surface area contributed by atoms with Crippen LogP contribution in [-0.4, -0.2) is 30.5 Å². The molecule has 1 fully saturated rings. The third-order valence-electron chi connectivity index (χ3n) is 4.21. The maximum absolute atomic E-state index is 12.8. The number of primary sulfonamides is 1. The fraction of sp³-hybridized carbons (Fsp3) is 0.222. The van der Waals surface area contributed by atoms with Gasteiger partial charge >= 0.3 is 0 Å². The molecule has 2 aromatic rings. The summed E-state index contributed by atoms with van der Waals surface area (Å²) in [5.41, 5.74) is 2.11.